The van der Waals surface area contributed by atoms with Crippen molar-refractivity contribution in [3.63, 3.8) is 0 Å². The summed E-state index contributed by atoms with van der Waals surface area (Å²) in [5.74, 6) is 0.675. The Kier molecular flexibility index (Phi) is 3.38. The van der Waals surface area contributed by atoms with Crippen molar-refractivity contribution in [1.29, 1.82) is 0 Å². The Bertz CT molecular complexity index is 591. The average Bonchev–Trinajstić information content (AvgIpc) is 2.39. The quantitative estimate of drug-likeness (QED) is 0.925. The molecule has 1 aromatic carbocycles. The third kappa shape index (κ3) is 2.50. The molecule has 1 heterocycles. The molecule has 0 atom stereocenters. The molecule has 1 aliphatic carbocycles. The van der Waals surface area contributed by atoms with Crippen molar-refractivity contribution >= 4 is 5.82 Å². The molecule has 4 heteroatoms. The smallest absolute Gasteiger partial charge is 0.129 e. The van der Waals surface area contributed by atoms with Crippen molar-refractivity contribution in [2.75, 3.05) is 11.9 Å². The number of nitrogens with one attached hydrogen (secondary N) is 1. The second-order valence-electron chi connectivity index (χ2n) is 5.54. The zero-order chi connectivity index (χ0) is 14.0. The summed E-state index contributed by atoms with van der Waals surface area (Å²) in [5, 5.41) is 3.40. The second kappa shape index (κ2) is 5.19. The lowest BCUT2D eigenvalue weighted by Gasteiger charge is -2.42. The molecule has 1 saturated carbocycles. The number of benzene rings is 1. The summed E-state index contributed by atoms with van der Waals surface area (Å²) < 4.78 is 13.1. The van der Waals surface area contributed by atoms with E-state index in [2.05, 4.69) is 15.3 Å². The van der Waals surface area contributed by atoms with Crippen molar-refractivity contribution in [2.24, 2.45) is 0 Å². The van der Waals surface area contributed by atoms with Crippen molar-refractivity contribution in [3.05, 3.63) is 53.7 Å². The number of nitrogens with zero attached hydrogens (tertiary/aromatic N) is 2. The summed E-state index contributed by atoms with van der Waals surface area (Å²) in [5.41, 5.74) is 2.28. The van der Waals surface area contributed by atoms with Gasteiger partial charge in [-0.1, -0.05) is 18.6 Å². The van der Waals surface area contributed by atoms with Gasteiger partial charge in [0.15, 0.2) is 0 Å². The molecule has 20 heavy (non-hydrogen) atoms. The van der Waals surface area contributed by atoms with Crippen molar-refractivity contribution in [2.45, 2.75) is 31.6 Å². The molecule has 1 aliphatic rings. The van der Waals surface area contributed by atoms with Gasteiger partial charge < -0.3 is 5.32 Å². The molecule has 0 unspecified atom stereocenters. The standard InChI is InChI=1S/C16H18FN3/c1-12-9-15(20-11-19-12)18-10-16(7-2-8-16)13-3-5-14(17)6-4-13/h3-6,9,11H,2,7-8,10H2,1H3,(H,18,19,20). The van der Waals surface area contributed by atoms with Crippen molar-refractivity contribution in [3.8, 4) is 0 Å². The van der Waals surface area contributed by atoms with Gasteiger partial charge in [0.05, 0.1) is 0 Å². The predicted molar refractivity (Wildman–Crippen MR) is 77.2 cm³/mol. The van der Waals surface area contributed by atoms with Gasteiger partial charge in [-0.25, -0.2) is 14.4 Å². The van der Waals surface area contributed by atoms with Crippen LogP contribution in [0.25, 0.3) is 0 Å². The Morgan fingerprint density at radius 3 is 2.55 bits per heavy atom. The van der Waals surface area contributed by atoms with Crippen LogP contribution in [0, 0.1) is 12.7 Å². The maximum atomic E-state index is 13.1. The van der Waals surface area contributed by atoms with E-state index >= 15 is 0 Å². The lowest BCUT2D eigenvalue weighted by molar-refractivity contribution is 0.260. The van der Waals surface area contributed by atoms with Crippen LogP contribution < -0.4 is 5.32 Å². The second-order valence-corrected chi connectivity index (χ2v) is 5.54. The van der Waals surface area contributed by atoms with Gasteiger partial charge in [0.25, 0.3) is 0 Å². The topological polar surface area (TPSA) is 37.8 Å². The summed E-state index contributed by atoms with van der Waals surface area (Å²) in [4.78, 5) is 8.32. The van der Waals surface area contributed by atoms with Gasteiger partial charge in [-0.3, -0.25) is 0 Å². The summed E-state index contributed by atoms with van der Waals surface area (Å²) >= 11 is 0. The molecule has 0 radical (unpaired) electrons. The number of halogens is 1. The largest absolute Gasteiger partial charge is 0.369 e. The number of aryl methyl sites for hydroxylation is 1. The first-order valence-corrected chi connectivity index (χ1v) is 6.97. The molecule has 0 amide bonds. The molecule has 0 aliphatic heterocycles. The van der Waals surface area contributed by atoms with E-state index in [1.54, 1.807) is 18.5 Å². The molecule has 2 aromatic rings. The van der Waals surface area contributed by atoms with E-state index in [9.17, 15) is 4.39 Å². The van der Waals surface area contributed by atoms with Crippen LogP contribution in [0.1, 0.15) is 30.5 Å². The summed E-state index contributed by atoms with van der Waals surface area (Å²) in [6, 6.07) is 8.84. The minimum Gasteiger partial charge on any atom is -0.369 e. The predicted octanol–water partition coefficient (Wildman–Crippen LogP) is 3.46. The lowest BCUT2D eigenvalue weighted by atomic mass is 9.64. The molecule has 3 rings (SSSR count). The fourth-order valence-corrected chi connectivity index (χ4v) is 2.79. The van der Waals surface area contributed by atoms with Crippen LogP contribution in [-0.4, -0.2) is 16.5 Å². The number of aromatic nitrogens is 2. The van der Waals surface area contributed by atoms with E-state index in [-0.39, 0.29) is 11.2 Å². The average molecular weight is 271 g/mol. The first kappa shape index (κ1) is 13.0. The summed E-state index contributed by atoms with van der Waals surface area (Å²) in [6.07, 6.45) is 5.07. The fourth-order valence-electron chi connectivity index (χ4n) is 2.79. The van der Waals surface area contributed by atoms with Gasteiger partial charge in [-0.15, -0.1) is 0 Å². The monoisotopic (exact) mass is 271 g/mol. The Labute approximate surface area is 118 Å². The van der Waals surface area contributed by atoms with Crippen LogP contribution in [-0.2, 0) is 5.41 Å². The number of rotatable bonds is 4. The summed E-state index contributed by atoms with van der Waals surface area (Å²) in [7, 11) is 0. The molecule has 0 bridgehead atoms. The molecule has 0 spiro atoms. The van der Waals surface area contributed by atoms with Crippen LogP contribution in [0.2, 0.25) is 0 Å². The SMILES string of the molecule is Cc1cc(NCC2(c3ccc(F)cc3)CCC2)ncn1. The van der Waals surface area contributed by atoms with E-state index in [0.717, 1.165) is 30.9 Å². The molecule has 0 saturated heterocycles. The van der Waals surface area contributed by atoms with Crippen molar-refractivity contribution < 1.29 is 4.39 Å². The van der Waals surface area contributed by atoms with Gasteiger partial charge in [0.2, 0.25) is 0 Å². The van der Waals surface area contributed by atoms with E-state index in [0.29, 0.717) is 0 Å². The molecular formula is C16H18FN3. The highest BCUT2D eigenvalue weighted by Gasteiger charge is 2.38. The highest BCUT2D eigenvalue weighted by Crippen LogP contribution is 2.43. The van der Waals surface area contributed by atoms with E-state index in [4.69, 9.17) is 0 Å². The van der Waals surface area contributed by atoms with Crippen LogP contribution in [0.5, 0.6) is 0 Å². The fraction of sp³-hybridized carbons (Fsp3) is 0.375. The third-order valence-electron chi connectivity index (χ3n) is 4.18. The Morgan fingerprint density at radius 1 is 1.20 bits per heavy atom. The maximum Gasteiger partial charge on any atom is 0.129 e. The van der Waals surface area contributed by atoms with E-state index in [1.807, 2.05) is 25.1 Å². The summed E-state index contributed by atoms with van der Waals surface area (Å²) in [6.45, 7) is 2.78. The van der Waals surface area contributed by atoms with Crippen LogP contribution in [0.3, 0.4) is 0 Å². The normalized spacial score (nSPS) is 16.5. The molecule has 3 nitrogen and oxygen atoms in total. The lowest BCUT2D eigenvalue weighted by Crippen LogP contribution is -2.41. The minimum atomic E-state index is -0.178. The Hall–Kier alpha value is -1.97. The van der Waals surface area contributed by atoms with Crippen molar-refractivity contribution in [1.82, 2.24) is 9.97 Å². The van der Waals surface area contributed by atoms with Gasteiger partial charge in [0.1, 0.15) is 18.0 Å². The Balaban J connectivity index is 1.75. The maximum absolute atomic E-state index is 13.1. The number of anilines is 1. The van der Waals surface area contributed by atoms with Crippen LogP contribution in [0.15, 0.2) is 36.7 Å². The highest BCUT2D eigenvalue weighted by molar-refractivity contribution is 5.38. The molecule has 1 aromatic heterocycles. The number of hydrogen-bond acceptors (Lipinski definition) is 3. The molecule has 1 fully saturated rings. The van der Waals surface area contributed by atoms with E-state index in [1.165, 1.54) is 12.0 Å². The zero-order valence-corrected chi connectivity index (χ0v) is 11.6. The molecule has 1 N–H and O–H groups in total. The molecule has 104 valence electrons. The van der Waals surface area contributed by atoms with Gasteiger partial charge in [0, 0.05) is 23.7 Å². The number of hydrogen-bond donors (Lipinski definition) is 1. The third-order valence-corrected chi connectivity index (χ3v) is 4.18. The Morgan fingerprint density at radius 2 is 1.95 bits per heavy atom. The first-order chi connectivity index (χ1) is 9.68. The first-order valence-electron chi connectivity index (χ1n) is 6.97. The van der Waals surface area contributed by atoms with Gasteiger partial charge in [-0.05, 0) is 37.5 Å². The van der Waals surface area contributed by atoms with Crippen LogP contribution >= 0.6 is 0 Å². The molecular weight excluding hydrogens is 253 g/mol. The highest BCUT2D eigenvalue weighted by atomic mass is 19.1. The van der Waals surface area contributed by atoms with Crippen LogP contribution in [0.4, 0.5) is 10.2 Å². The van der Waals surface area contributed by atoms with Gasteiger partial charge in [-0.2, -0.15) is 0 Å². The van der Waals surface area contributed by atoms with Gasteiger partial charge >= 0.3 is 0 Å². The minimum absolute atomic E-state index is 0.118. The zero-order valence-electron chi connectivity index (χ0n) is 11.6. The van der Waals surface area contributed by atoms with E-state index < -0.39 is 0 Å².